The molecule has 21 heavy (non-hydrogen) atoms. The van der Waals surface area contributed by atoms with Crippen molar-refractivity contribution in [3.8, 4) is 0 Å². The highest BCUT2D eigenvalue weighted by Crippen LogP contribution is 2.38. The van der Waals surface area contributed by atoms with Gasteiger partial charge in [-0.25, -0.2) is 8.78 Å². The molecule has 120 valence electrons. The molecule has 3 nitrogen and oxygen atoms in total. The minimum Gasteiger partial charge on any atom is -0.316 e. The summed E-state index contributed by atoms with van der Waals surface area (Å²) < 4.78 is 29.6. The third-order valence-electron chi connectivity index (χ3n) is 4.62. The summed E-state index contributed by atoms with van der Waals surface area (Å²) in [6.07, 6.45) is 2.92. The van der Waals surface area contributed by atoms with Gasteiger partial charge >= 0.3 is 0 Å². The molecule has 1 N–H and O–H groups in total. The molecule has 0 aliphatic heterocycles. The van der Waals surface area contributed by atoms with Gasteiger partial charge in [-0.2, -0.15) is 5.10 Å². The number of hydrogen-bond donors (Lipinski definition) is 1. The average Bonchev–Trinajstić information content (AvgIpc) is 2.72. The SMILES string of the molecule is CCc1nn(C)c(CC(NC)C2CCC(F)(F)CC2)c1Br. The lowest BCUT2D eigenvalue weighted by atomic mass is 9.80. The lowest BCUT2D eigenvalue weighted by Crippen LogP contribution is -2.40. The molecule has 0 bridgehead atoms. The van der Waals surface area contributed by atoms with Gasteiger partial charge in [0.05, 0.1) is 15.9 Å². The molecule has 6 heteroatoms. The molecule has 1 aromatic heterocycles. The second-order valence-corrected chi connectivity index (χ2v) is 6.77. The van der Waals surface area contributed by atoms with Crippen molar-refractivity contribution in [3.05, 3.63) is 15.9 Å². The van der Waals surface area contributed by atoms with Crippen molar-refractivity contribution in [1.29, 1.82) is 0 Å². The van der Waals surface area contributed by atoms with Gasteiger partial charge in [0.1, 0.15) is 0 Å². The van der Waals surface area contributed by atoms with E-state index >= 15 is 0 Å². The third kappa shape index (κ3) is 3.83. The minimum atomic E-state index is -2.46. The zero-order chi connectivity index (χ0) is 15.6. The zero-order valence-corrected chi connectivity index (χ0v) is 14.5. The fourth-order valence-corrected chi connectivity index (χ4v) is 4.00. The number of hydrogen-bond acceptors (Lipinski definition) is 2. The number of nitrogens with zero attached hydrogens (tertiary/aromatic N) is 2. The van der Waals surface area contributed by atoms with Gasteiger partial charge in [-0.05, 0) is 48.2 Å². The molecule has 0 spiro atoms. The van der Waals surface area contributed by atoms with Gasteiger partial charge in [0.2, 0.25) is 5.92 Å². The second kappa shape index (κ2) is 6.73. The summed E-state index contributed by atoms with van der Waals surface area (Å²) in [6, 6.07) is 0.220. The summed E-state index contributed by atoms with van der Waals surface area (Å²) >= 11 is 3.63. The molecule has 0 aromatic carbocycles. The summed E-state index contributed by atoms with van der Waals surface area (Å²) in [4.78, 5) is 0. The van der Waals surface area contributed by atoms with E-state index in [4.69, 9.17) is 0 Å². The first-order valence-corrected chi connectivity index (χ1v) is 8.42. The van der Waals surface area contributed by atoms with Crippen LogP contribution in [0.5, 0.6) is 0 Å². The Morgan fingerprint density at radius 2 is 2.05 bits per heavy atom. The van der Waals surface area contributed by atoms with Gasteiger partial charge in [-0.15, -0.1) is 0 Å². The van der Waals surface area contributed by atoms with Gasteiger partial charge in [0.15, 0.2) is 0 Å². The van der Waals surface area contributed by atoms with E-state index in [1.54, 1.807) is 0 Å². The molecule has 0 radical (unpaired) electrons. The van der Waals surface area contributed by atoms with E-state index in [2.05, 4.69) is 33.3 Å². The molecular formula is C15H24BrF2N3. The molecule has 1 aliphatic rings. The van der Waals surface area contributed by atoms with E-state index in [1.807, 2.05) is 18.8 Å². The van der Waals surface area contributed by atoms with Crippen LogP contribution in [0.4, 0.5) is 8.78 Å². The lowest BCUT2D eigenvalue weighted by molar-refractivity contribution is -0.0493. The molecule has 1 atom stereocenters. The van der Waals surface area contributed by atoms with Crippen molar-refractivity contribution in [1.82, 2.24) is 15.1 Å². The molecule has 1 saturated carbocycles. The van der Waals surface area contributed by atoms with Gasteiger partial charge in [0.25, 0.3) is 0 Å². The number of aryl methyl sites for hydroxylation is 2. The quantitative estimate of drug-likeness (QED) is 0.864. The number of halogens is 3. The summed E-state index contributed by atoms with van der Waals surface area (Å²) in [5.41, 5.74) is 2.20. The molecule has 1 aliphatic carbocycles. The summed E-state index contributed by atoms with van der Waals surface area (Å²) in [5, 5.41) is 7.83. The molecule has 0 amide bonds. The van der Waals surface area contributed by atoms with Crippen molar-refractivity contribution in [3.63, 3.8) is 0 Å². The summed E-state index contributed by atoms with van der Waals surface area (Å²) in [5.74, 6) is -2.15. The lowest BCUT2D eigenvalue weighted by Gasteiger charge is -2.33. The Labute approximate surface area is 133 Å². The van der Waals surface area contributed by atoms with Crippen LogP contribution in [0.2, 0.25) is 0 Å². The van der Waals surface area contributed by atoms with Crippen molar-refractivity contribution < 1.29 is 8.78 Å². The number of aromatic nitrogens is 2. The molecule has 2 rings (SSSR count). The maximum Gasteiger partial charge on any atom is 0.248 e. The number of likely N-dealkylation sites (N-methyl/N-ethyl adjacent to an activating group) is 1. The zero-order valence-electron chi connectivity index (χ0n) is 12.9. The molecular weight excluding hydrogens is 340 g/mol. The van der Waals surface area contributed by atoms with Crippen LogP contribution in [-0.4, -0.2) is 28.8 Å². The van der Waals surface area contributed by atoms with Crippen LogP contribution >= 0.6 is 15.9 Å². The Balaban J connectivity index is 2.08. The predicted octanol–water partition coefficient (Wildman–Crippen LogP) is 3.70. The first-order valence-electron chi connectivity index (χ1n) is 7.63. The molecule has 1 unspecified atom stereocenters. The highest BCUT2D eigenvalue weighted by atomic mass is 79.9. The van der Waals surface area contributed by atoms with Crippen molar-refractivity contribution in [2.24, 2.45) is 13.0 Å². The van der Waals surface area contributed by atoms with Crippen LogP contribution in [-0.2, 0) is 19.9 Å². The van der Waals surface area contributed by atoms with Gasteiger partial charge in [0, 0.05) is 32.4 Å². The predicted molar refractivity (Wildman–Crippen MR) is 83.7 cm³/mol. The fourth-order valence-electron chi connectivity index (χ4n) is 3.22. The Hall–Kier alpha value is -0.490. The molecule has 1 fully saturated rings. The first kappa shape index (κ1) is 16.9. The summed E-state index contributed by atoms with van der Waals surface area (Å²) in [7, 11) is 3.86. The van der Waals surface area contributed by atoms with Crippen LogP contribution in [0.3, 0.4) is 0 Å². The van der Waals surface area contributed by atoms with E-state index in [0.29, 0.717) is 18.8 Å². The molecule has 0 saturated heterocycles. The normalized spacial score (nSPS) is 20.7. The number of rotatable bonds is 5. The number of nitrogens with one attached hydrogen (secondary N) is 1. The maximum atomic E-state index is 13.3. The maximum absolute atomic E-state index is 13.3. The van der Waals surface area contributed by atoms with Gasteiger partial charge < -0.3 is 5.32 Å². The van der Waals surface area contributed by atoms with Gasteiger partial charge in [-0.1, -0.05) is 6.92 Å². The van der Waals surface area contributed by atoms with Crippen LogP contribution in [0.25, 0.3) is 0 Å². The van der Waals surface area contributed by atoms with E-state index in [-0.39, 0.29) is 18.9 Å². The minimum absolute atomic E-state index is 0.0165. The third-order valence-corrected chi connectivity index (χ3v) is 5.53. The van der Waals surface area contributed by atoms with Crippen LogP contribution in [0.1, 0.15) is 44.0 Å². The monoisotopic (exact) mass is 363 g/mol. The molecule has 1 aromatic rings. The number of alkyl halides is 2. The molecule has 1 heterocycles. The largest absolute Gasteiger partial charge is 0.316 e. The Morgan fingerprint density at radius 1 is 1.43 bits per heavy atom. The van der Waals surface area contributed by atoms with Crippen LogP contribution in [0, 0.1) is 5.92 Å². The Morgan fingerprint density at radius 3 is 2.52 bits per heavy atom. The standard InChI is InChI=1S/C15H24BrF2N3/c1-4-11-14(16)13(21(3)20-11)9-12(19-2)10-5-7-15(17,18)8-6-10/h10,12,19H,4-9H2,1-3H3. The van der Waals surface area contributed by atoms with Crippen molar-refractivity contribution in [2.75, 3.05) is 7.05 Å². The fraction of sp³-hybridized carbons (Fsp3) is 0.800. The van der Waals surface area contributed by atoms with E-state index in [9.17, 15) is 8.78 Å². The first-order chi connectivity index (χ1) is 9.88. The van der Waals surface area contributed by atoms with Crippen molar-refractivity contribution in [2.45, 2.75) is 57.4 Å². The van der Waals surface area contributed by atoms with E-state index in [0.717, 1.165) is 28.7 Å². The average molecular weight is 364 g/mol. The Kier molecular flexibility index (Phi) is 5.41. The topological polar surface area (TPSA) is 29.9 Å². The Bertz CT molecular complexity index is 478. The second-order valence-electron chi connectivity index (χ2n) is 5.98. The highest BCUT2D eigenvalue weighted by molar-refractivity contribution is 9.10. The van der Waals surface area contributed by atoms with E-state index in [1.165, 1.54) is 0 Å². The van der Waals surface area contributed by atoms with Crippen molar-refractivity contribution >= 4 is 15.9 Å². The van der Waals surface area contributed by atoms with E-state index < -0.39 is 5.92 Å². The summed E-state index contributed by atoms with van der Waals surface area (Å²) in [6.45, 7) is 2.08. The van der Waals surface area contributed by atoms with Crippen LogP contribution in [0.15, 0.2) is 4.47 Å². The van der Waals surface area contributed by atoms with Gasteiger partial charge in [-0.3, -0.25) is 4.68 Å². The highest BCUT2D eigenvalue weighted by Gasteiger charge is 2.37. The van der Waals surface area contributed by atoms with Crippen LogP contribution < -0.4 is 5.32 Å². The smallest absolute Gasteiger partial charge is 0.248 e.